The summed E-state index contributed by atoms with van der Waals surface area (Å²) in [5.74, 6) is 12.1. The first-order valence-electron chi connectivity index (χ1n) is 14.6. The van der Waals surface area contributed by atoms with Crippen molar-refractivity contribution in [1.29, 1.82) is 0 Å². The number of aryl methyl sites for hydroxylation is 2. The van der Waals surface area contributed by atoms with Gasteiger partial charge in [0.25, 0.3) is 0 Å². The number of carboxylic acids is 2. The van der Waals surface area contributed by atoms with Gasteiger partial charge in [-0.15, -0.1) is 0 Å². The van der Waals surface area contributed by atoms with Crippen LogP contribution < -0.4 is 22.3 Å². The van der Waals surface area contributed by atoms with E-state index in [1.165, 1.54) is 36.8 Å². The number of carbonyl (C=O) groups is 3. The standard InChI is InChI=1S/C12H13FN2O3S.C12H12FNO2.C12H13NO2/c1-8(16)12(14)11(13)7-4-9-2-5-10(6-3-9)19(15,17)18;1-8-2-4-9(5-3-8)6-7-10(13)11(14)12(15)16;1-9-5-7-10(8-6-9)3-2-4-11(13)12(14)15/h2-3,5-6,11-12H,14H2,1H3,(H2,15,17,18);2-5,10-11H,14H2,1H3,(H,15,16);5-8,11H,4,13H2,1H3,(H,14,15)/t11-,12-;10-,11+;11-/m110/s1. The second-order valence-corrected chi connectivity index (χ2v) is 12.2. The van der Waals surface area contributed by atoms with Crippen molar-refractivity contribution in [3.8, 4) is 35.5 Å². The highest BCUT2D eigenvalue weighted by atomic mass is 32.2. The second kappa shape index (κ2) is 20.9. The summed E-state index contributed by atoms with van der Waals surface area (Å²) in [7, 11) is -3.76. The first-order valence-corrected chi connectivity index (χ1v) is 16.2. The van der Waals surface area contributed by atoms with Crippen molar-refractivity contribution < 1.29 is 41.8 Å². The number of primary sulfonamides is 1. The molecular weight excluding hydrogens is 670 g/mol. The number of sulfonamides is 1. The van der Waals surface area contributed by atoms with Gasteiger partial charge in [-0.25, -0.2) is 22.3 Å². The minimum Gasteiger partial charge on any atom is -0.480 e. The summed E-state index contributed by atoms with van der Waals surface area (Å²) in [6.45, 7) is 5.10. The quantitative estimate of drug-likeness (QED) is 0.196. The normalized spacial score (nSPS) is 13.1. The molecule has 0 aliphatic rings. The Morgan fingerprint density at radius 3 is 1.42 bits per heavy atom. The van der Waals surface area contributed by atoms with Crippen LogP contribution >= 0.6 is 0 Å². The molecule has 50 heavy (non-hydrogen) atoms. The monoisotopic (exact) mass is 708 g/mol. The van der Waals surface area contributed by atoms with Crippen LogP contribution in [0.25, 0.3) is 0 Å². The van der Waals surface area contributed by atoms with Crippen LogP contribution in [-0.2, 0) is 24.4 Å². The van der Waals surface area contributed by atoms with Crippen LogP contribution in [0, 0.1) is 49.4 Å². The second-order valence-electron chi connectivity index (χ2n) is 10.6. The van der Waals surface area contributed by atoms with Crippen LogP contribution in [-0.4, -0.2) is 66.8 Å². The lowest BCUT2D eigenvalue weighted by Crippen LogP contribution is -2.38. The molecule has 0 saturated carbocycles. The van der Waals surface area contributed by atoms with Crippen molar-refractivity contribution in [2.24, 2.45) is 22.3 Å². The summed E-state index contributed by atoms with van der Waals surface area (Å²) >= 11 is 0. The van der Waals surface area contributed by atoms with Crippen LogP contribution in [0.5, 0.6) is 0 Å². The fourth-order valence-electron chi connectivity index (χ4n) is 3.17. The Labute approximate surface area is 290 Å². The van der Waals surface area contributed by atoms with Gasteiger partial charge in [-0.3, -0.25) is 14.4 Å². The Hall–Kier alpha value is -5.40. The molecule has 0 aliphatic heterocycles. The summed E-state index contributed by atoms with van der Waals surface area (Å²) in [5.41, 5.74) is 19.8. The van der Waals surface area contributed by atoms with Crippen LogP contribution in [0.2, 0.25) is 0 Å². The van der Waals surface area contributed by atoms with Gasteiger partial charge in [0.05, 0.1) is 4.90 Å². The van der Waals surface area contributed by atoms with Crippen LogP contribution in [0.1, 0.15) is 41.2 Å². The Balaban J connectivity index is 0.000000378. The van der Waals surface area contributed by atoms with E-state index in [1.54, 1.807) is 12.1 Å². The molecular formula is C36H38F2N4O7S. The molecule has 0 aromatic heterocycles. The lowest BCUT2D eigenvalue weighted by Gasteiger charge is -2.06. The molecule has 11 nitrogen and oxygen atoms in total. The van der Waals surface area contributed by atoms with Crippen LogP contribution in [0.15, 0.2) is 77.7 Å². The zero-order valence-electron chi connectivity index (χ0n) is 27.4. The molecule has 10 N–H and O–H groups in total. The number of Topliss-reactive ketones (excluding diaryl/α,β-unsaturated/α-hetero) is 1. The van der Waals surface area contributed by atoms with Gasteiger partial charge in [-0.2, -0.15) is 0 Å². The Morgan fingerprint density at radius 2 is 1.06 bits per heavy atom. The maximum Gasteiger partial charge on any atom is 0.324 e. The molecule has 0 spiro atoms. The number of alkyl halides is 2. The lowest BCUT2D eigenvalue weighted by atomic mass is 10.1. The SMILES string of the molecule is CC(=O)[C@@H](N)[C@H](F)C#Cc1ccc(S(N)(=O)=O)cc1.Cc1ccc(C#CC[C@H](N)C(=O)O)cc1.Cc1ccc(C#C[C@@H](F)[C@H](N)C(=O)O)cc1. The van der Waals surface area contributed by atoms with Crippen molar-refractivity contribution in [3.05, 3.63) is 101 Å². The number of nitrogens with two attached hydrogens (primary N) is 4. The number of halogens is 2. The average molecular weight is 709 g/mol. The molecule has 264 valence electrons. The van der Waals surface area contributed by atoms with Gasteiger partial charge in [0.2, 0.25) is 10.0 Å². The molecule has 0 bridgehead atoms. The van der Waals surface area contributed by atoms with E-state index in [0.717, 1.165) is 11.1 Å². The van der Waals surface area contributed by atoms with Crippen LogP contribution in [0.3, 0.4) is 0 Å². The third kappa shape index (κ3) is 16.6. The summed E-state index contributed by atoms with van der Waals surface area (Å²) < 4.78 is 48.5. The lowest BCUT2D eigenvalue weighted by molar-refractivity contribution is -0.140. The van der Waals surface area contributed by atoms with Crippen molar-refractivity contribution >= 4 is 27.7 Å². The van der Waals surface area contributed by atoms with Gasteiger partial charge >= 0.3 is 11.9 Å². The topological polar surface area (TPSA) is 230 Å². The molecule has 3 aromatic rings. The number of carbonyl (C=O) groups excluding carboxylic acids is 1. The molecule has 0 fully saturated rings. The average Bonchev–Trinajstić information content (AvgIpc) is 3.07. The van der Waals surface area contributed by atoms with Gasteiger partial charge in [0.15, 0.2) is 12.3 Å². The Morgan fingerprint density at radius 1 is 0.680 bits per heavy atom. The predicted octanol–water partition coefficient (Wildman–Crippen LogP) is 2.18. The maximum atomic E-state index is 13.4. The number of carboxylic acid groups (broad SMARTS) is 2. The summed E-state index contributed by atoms with van der Waals surface area (Å²) in [4.78, 5) is 31.5. The molecule has 0 amide bonds. The molecule has 3 rings (SSSR count). The smallest absolute Gasteiger partial charge is 0.324 e. The third-order valence-corrected chi connectivity index (χ3v) is 7.18. The summed E-state index contributed by atoms with van der Waals surface area (Å²) in [6, 6.07) is 16.4. The van der Waals surface area contributed by atoms with Crippen molar-refractivity contribution in [1.82, 2.24) is 0 Å². The van der Waals surface area contributed by atoms with Crippen LogP contribution in [0.4, 0.5) is 8.78 Å². The van der Waals surface area contributed by atoms with E-state index in [2.05, 4.69) is 35.5 Å². The van der Waals surface area contributed by atoms with E-state index in [-0.39, 0.29) is 11.3 Å². The number of hydrogen-bond donors (Lipinski definition) is 6. The number of rotatable bonds is 7. The van der Waals surface area contributed by atoms with E-state index in [9.17, 15) is 31.6 Å². The first-order chi connectivity index (χ1) is 23.3. The molecule has 0 heterocycles. The van der Waals surface area contributed by atoms with E-state index >= 15 is 0 Å². The fraction of sp³-hybridized carbons (Fsp3) is 0.250. The van der Waals surface area contributed by atoms with Gasteiger partial charge < -0.3 is 27.4 Å². The van der Waals surface area contributed by atoms with Gasteiger partial charge in [-0.05, 0) is 69.3 Å². The van der Waals surface area contributed by atoms with Crippen molar-refractivity contribution in [2.45, 2.75) is 62.6 Å². The zero-order chi connectivity index (χ0) is 38.0. The summed E-state index contributed by atoms with van der Waals surface area (Å²) in [6.07, 6.45) is -3.46. The van der Waals surface area contributed by atoms with Gasteiger partial charge in [0.1, 0.15) is 23.9 Å². The fourth-order valence-corrected chi connectivity index (χ4v) is 3.68. The van der Waals surface area contributed by atoms with Crippen molar-refractivity contribution in [3.63, 3.8) is 0 Å². The maximum absolute atomic E-state index is 13.4. The minimum absolute atomic E-state index is 0.0599. The largest absolute Gasteiger partial charge is 0.480 e. The molecule has 3 aromatic carbocycles. The number of ketones is 1. The highest BCUT2D eigenvalue weighted by molar-refractivity contribution is 7.89. The number of benzene rings is 3. The molecule has 14 heteroatoms. The number of aliphatic carboxylic acids is 2. The minimum atomic E-state index is -3.76. The molecule has 5 atom stereocenters. The zero-order valence-corrected chi connectivity index (χ0v) is 28.2. The molecule has 0 saturated heterocycles. The highest BCUT2D eigenvalue weighted by Gasteiger charge is 2.21. The van der Waals surface area contributed by atoms with E-state index in [4.69, 9.17) is 32.6 Å². The predicted molar refractivity (Wildman–Crippen MR) is 185 cm³/mol. The van der Waals surface area contributed by atoms with E-state index in [1.807, 2.05) is 50.2 Å². The molecule has 0 radical (unpaired) electrons. The van der Waals surface area contributed by atoms with Gasteiger partial charge in [-0.1, -0.05) is 70.9 Å². The highest BCUT2D eigenvalue weighted by Crippen LogP contribution is 2.08. The van der Waals surface area contributed by atoms with E-state index in [0.29, 0.717) is 11.1 Å². The Bertz CT molecular complexity index is 1900. The van der Waals surface area contributed by atoms with E-state index < -0.39 is 58.2 Å². The molecule has 0 unspecified atom stereocenters. The first kappa shape index (κ1) is 42.6. The Kier molecular flexibility index (Phi) is 17.8. The molecule has 0 aliphatic carbocycles. The summed E-state index contributed by atoms with van der Waals surface area (Å²) in [5, 5.41) is 21.9. The van der Waals surface area contributed by atoms with Gasteiger partial charge in [0, 0.05) is 23.1 Å². The third-order valence-electron chi connectivity index (χ3n) is 6.25. The number of hydrogen-bond acceptors (Lipinski definition) is 8. The van der Waals surface area contributed by atoms with Crippen molar-refractivity contribution in [2.75, 3.05) is 0 Å².